The van der Waals surface area contributed by atoms with Crippen molar-refractivity contribution in [3.63, 3.8) is 0 Å². The summed E-state index contributed by atoms with van der Waals surface area (Å²) in [6.07, 6.45) is 1.28. The molecule has 4 nitrogen and oxygen atoms in total. The third-order valence-electron chi connectivity index (χ3n) is 1.62. The monoisotopic (exact) mass is 210 g/mol. The summed E-state index contributed by atoms with van der Waals surface area (Å²) < 4.78 is 12.5. The summed E-state index contributed by atoms with van der Waals surface area (Å²) >= 11 is 0. The van der Waals surface area contributed by atoms with Crippen LogP contribution >= 0.6 is 0 Å². The lowest BCUT2D eigenvalue weighted by molar-refractivity contribution is 0.132. The van der Waals surface area contributed by atoms with E-state index in [0.29, 0.717) is 5.71 Å². The molecular weight excluding hydrogens is 199 g/mol. The average molecular weight is 210 g/mol. The first-order valence-electron chi connectivity index (χ1n) is 4.31. The van der Waals surface area contributed by atoms with E-state index in [2.05, 4.69) is 10.3 Å². The van der Waals surface area contributed by atoms with E-state index in [1.165, 1.54) is 18.3 Å². The molecule has 0 aliphatic rings. The van der Waals surface area contributed by atoms with Gasteiger partial charge in [-0.25, -0.2) is 4.39 Å². The minimum Gasteiger partial charge on any atom is -0.411 e. The van der Waals surface area contributed by atoms with Crippen molar-refractivity contribution in [3.8, 4) is 0 Å². The van der Waals surface area contributed by atoms with Gasteiger partial charge in [0.25, 0.3) is 0 Å². The van der Waals surface area contributed by atoms with Crippen molar-refractivity contribution in [1.82, 2.24) is 0 Å². The van der Waals surface area contributed by atoms with Gasteiger partial charge in [0.2, 0.25) is 0 Å². The third kappa shape index (κ3) is 4.21. The van der Waals surface area contributed by atoms with Gasteiger partial charge < -0.3 is 10.0 Å². The fraction of sp³-hybridized carbons (Fsp3) is 0.200. The van der Waals surface area contributed by atoms with Crippen LogP contribution in [0.3, 0.4) is 0 Å². The number of hydrogen-bond donors (Lipinski definition) is 1. The Hall–Kier alpha value is -1.91. The lowest BCUT2D eigenvalue weighted by atomic mass is 10.2. The van der Waals surface area contributed by atoms with Gasteiger partial charge in [-0.2, -0.15) is 0 Å². The molecule has 0 radical (unpaired) electrons. The minimum atomic E-state index is -0.287. The smallest absolute Gasteiger partial charge is 0.142 e. The van der Waals surface area contributed by atoms with Crippen LogP contribution in [0.4, 0.5) is 4.39 Å². The molecule has 0 spiro atoms. The fourth-order valence-corrected chi connectivity index (χ4v) is 0.832. The van der Waals surface area contributed by atoms with E-state index in [1.807, 2.05) is 0 Å². The summed E-state index contributed by atoms with van der Waals surface area (Å²) in [6, 6.07) is 5.92. The lowest BCUT2D eigenvalue weighted by Gasteiger charge is -1.98. The van der Waals surface area contributed by atoms with Crippen molar-refractivity contribution in [2.75, 3.05) is 0 Å². The largest absolute Gasteiger partial charge is 0.411 e. The highest BCUT2D eigenvalue weighted by Crippen LogP contribution is 2.03. The van der Waals surface area contributed by atoms with Crippen molar-refractivity contribution in [1.29, 1.82) is 0 Å². The number of nitrogens with zero attached hydrogens (tertiary/aromatic N) is 2. The van der Waals surface area contributed by atoms with E-state index in [9.17, 15) is 4.39 Å². The molecule has 0 atom stereocenters. The van der Waals surface area contributed by atoms with Gasteiger partial charge >= 0.3 is 0 Å². The molecule has 0 aliphatic heterocycles. The van der Waals surface area contributed by atoms with E-state index < -0.39 is 0 Å². The van der Waals surface area contributed by atoms with Crippen LogP contribution in [-0.2, 0) is 11.4 Å². The van der Waals surface area contributed by atoms with Gasteiger partial charge in [0.15, 0.2) is 0 Å². The average Bonchev–Trinajstić information content (AvgIpc) is 2.26. The molecule has 1 rings (SSSR count). The molecule has 0 aromatic heterocycles. The number of halogens is 1. The predicted molar refractivity (Wildman–Crippen MR) is 54.6 cm³/mol. The van der Waals surface area contributed by atoms with Gasteiger partial charge in [-0.15, -0.1) is 0 Å². The van der Waals surface area contributed by atoms with Gasteiger partial charge in [-0.1, -0.05) is 22.4 Å². The van der Waals surface area contributed by atoms with Crippen LogP contribution in [0, 0.1) is 5.82 Å². The van der Waals surface area contributed by atoms with Crippen molar-refractivity contribution in [2.45, 2.75) is 13.5 Å². The first-order chi connectivity index (χ1) is 7.22. The minimum absolute atomic E-state index is 0.246. The Morgan fingerprint density at radius 1 is 1.47 bits per heavy atom. The van der Waals surface area contributed by atoms with Gasteiger partial charge in [0.1, 0.15) is 12.4 Å². The van der Waals surface area contributed by atoms with Crippen molar-refractivity contribution in [2.24, 2.45) is 10.3 Å². The molecule has 1 N–H and O–H groups in total. The van der Waals surface area contributed by atoms with E-state index >= 15 is 0 Å². The summed E-state index contributed by atoms with van der Waals surface area (Å²) in [5.41, 5.74) is 1.15. The van der Waals surface area contributed by atoms with E-state index in [-0.39, 0.29) is 12.4 Å². The first kappa shape index (κ1) is 11.2. The maximum Gasteiger partial charge on any atom is 0.142 e. The molecule has 15 heavy (non-hydrogen) atoms. The highest BCUT2D eigenvalue weighted by molar-refractivity contribution is 6.29. The second-order valence-corrected chi connectivity index (χ2v) is 2.88. The quantitative estimate of drug-likeness (QED) is 0.470. The second-order valence-electron chi connectivity index (χ2n) is 2.88. The Bertz CT molecular complexity index is 360. The summed E-state index contributed by atoms with van der Waals surface area (Å²) in [6.45, 7) is 1.82. The van der Waals surface area contributed by atoms with Crippen LogP contribution in [0.5, 0.6) is 0 Å². The molecule has 0 bridgehead atoms. The van der Waals surface area contributed by atoms with Crippen molar-refractivity contribution >= 4 is 11.9 Å². The highest BCUT2D eigenvalue weighted by Gasteiger charge is 1.93. The van der Waals surface area contributed by atoms with E-state index in [1.54, 1.807) is 19.1 Å². The third-order valence-corrected chi connectivity index (χ3v) is 1.62. The normalized spacial score (nSPS) is 12.0. The molecule has 0 saturated carbocycles. The maximum absolute atomic E-state index is 12.5. The number of rotatable bonds is 4. The van der Waals surface area contributed by atoms with Crippen LogP contribution < -0.4 is 0 Å². The maximum atomic E-state index is 12.5. The van der Waals surface area contributed by atoms with Crippen LogP contribution in [0.1, 0.15) is 12.5 Å². The molecule has 1 aromatic carbocycles. The Balaban J connectivity index is 2.38. The molecule has 0 amide bonds. The zero-order chi connectivity index (χ0) is 11.1. The molecule has 0 saturated heterocycles. The van der Waals surface area contributed by atoms with Crippen LogP contribution in [-0.4, -0.2) is 17.1 Å². The number of oxime groups is 2. The Kier molecular flexibility index (Phi) is 4.28. The lowest BCUT2D eigenvalue weighted by Crippen LogP contribution is -1.94. The van der Waals surface area contributed by atoms with Crippen LogP contribution in [0.15, 0.2) is 34.6 Å². The molecule has 0 unspecified atom stereocenters. The topological polar surface area (TPSA) is 54.2 Å². The zero-order valence-electron chi connectivity index (χ0n) is 8.22. The predicted octanol–water partition coefficient (Wildman–Crippen LogP) is 2.18. The second kappa shape index (κ2) is 5.74. The van der Waals surface area contributed by atoms with Gasteiger partial charge in [-0.05, 0) is 24.6 Å². The molecule has 5 heteroatoms. The van der Waals surface area contributed by atoms with E-state index in [4.69, 9.17) is 10.0 Å². The fourth-order valence-electron chi connectivity index (χ4n) is 0.832. The molecule has 0 aliphatic carbocycles. The Morgan fingerprint density at radius 2 is 2.13 bits per heavy atom. The summed E-state index contributed by atoms with van der Waals surface area (Å²) in [5, 5.41) is 14.7. The molecule has 0 heterocycles. The molecule has 0 fully saturated rings. The molecule has 80 valence electrons. The number of hydrogen-bond acceptors (Lipinski definition) is 4. The standard InChI is InChI=1S/C10H11FN2O2/c1-8(13-14)6-12-15-7-9-2-4-10(11)5-3-9/h2-6,14H,7H2,1H3/b12-6+,13-8+. The SMILES string of the molecule is CC(/C=N/OCc1ccc(F)cc1)=N\O. The summed E-state index contributed by atoms with van der Waals surface area (Å²) in [5.74, 6) is -0.287. The number of benzene rings is 1. The summed E-state index contributed by atoms with van der Waals surface area (Å²) in [7, 11) is 0. The summed E-state index contributed by atoms with van der Waals surface area (Å²) in [4.78, 5) is 4.89. The van der Waals surface area contributed by atoms with Crippen LogP contribution in [0.2, 0.25) is 0 Å². The molecule has 1 aromatic rings. The van der Waals surface area contributed by atoms with Gasteiger partial charge in [0.05, 0.1) is 11.9 Å². The Labute approximate surface area is 86.7 Å². The van der Waals surface area contributed by atoms with Gasteiger partial charge in [0, 0.05) is 0 Å². The van der Waals surface area contributed by atoms with Crippen LogP contribution in [0.25, 0.3) is 0 Å². The first-order valence-corrected chi connectivity index (χ1v) is 4.31. The van der Waals surface area contributed by atoms with Crippen molar-refractivity contribution in [3.05, 3.63) is 35.6 Å². The Morgan fingerprint density at radius 3 is 2.73 bits per heavy atom. The zero-order valence-corrected chi connectivity index (χ0v) is 8.22. The van der Waals surface area contributed by atoms with E-state index in [0.717, 1.165) is 5.56 Å². The molecular formula is C10H11FN2O2. The van der Waals surface area contributed by atoms with Crippen molar-refractivity contribution < 1.29 is 14.4 Å². The van der Waals surface area contributed by atoms with Gasteiger partial charge in [-0.3, -0.25) is 0 Å². The highest BCUT2D eigenvalue weighted by atomic mass is 19.1.